The maximum atomic E-state index is 12.7. The first-order valence-electron chi connectivity index (χ1n) is 8.32. The number of amides is 2. The quantitative estimate of drug-likeness (QED) is 0.706. The van der Waals surface area contributed by atoms with Crippen molar-refractivity contribution in [2.24, 2.45) is 0 Å². The molecule has 0 saturated heterocycles. The van der Waals surface area contributed by atoms with Crippen LogP contribution in [-0.2, 0) is 19.6 Å². The van der Waals surface area contributed by atoms with Crippen molar-refractivity contribution in [3.63, 3.8) is 0 Å². The lowest BCUT2D eigenvalue weighted by atomic mass is 10.2. The number of carbonyl (C=O) groups excluding carboxylic acids is 1. The average Bonchev–Trinajstić information content (AvgIpc) is 3.20. The lowest BCUT2D eigenvalue weighted by molar-refractivity contribution is 0.187. The van der Waals surface area contributed by atoms with Gasteiger partial charge in [-0.25, -0.2) is 9.78 Å². The Hall–Kier alpha value is -3.28. The third-order valence-electron chi connectivity index (χ3n) is 3.88. The molecule has 0 aliphatic carbocycles. The molecule has 0 spiro atoms. The van der Waals surface area contributed by atoms with Crippen LogP contribution in [0.15, 0.2) is 71.5 Å². The summed E-state index contributed by atoms with van der Waals surface area (Å²) in [6.45, 7) is 1.28. The first-order valence-corrected chi connectivity index (χ1v) is 8.32. The van der Waals surface area contributed by atoms with Gasteiger partial charge in [-0.2, -0.15) is 0 Å². The molecule has 6 heteroatoms. The minimum atomic E-state index is -0.166. The summed E-state index contributed by atoms with van der Waals surface area (Å²) in [5.74, 6) is 1.28. The number of methoxy groups -OCH3 is 1. The Morgan fingerprint density at radius 3 is 2.58 bits per heavy atom. The summed E-state index contributed by atoms with van der Waals surface area (Å²) in [6.07, 6.45) is 3.30. The van der Waals surface area contributed by atoms with E-state index in [0.717, 1.165) is 16.9 Å². The molecule has 2 aromatic heterocycles. The summed E-state index contributed by atoms with van der Waals surface area (Å²) in [5.41, 5.74) is 1.96. The minimum absolute atomic E-state index is 0.166. The van der Waals surface area contributed by atoms with Crippen molar-refractivity contribution in [3.05, 3.63) is 83.9 Å². The summed E-state index contributed by atoms with van der Waals surface area (Å²) >= 11 is 0. The normalized spacial score (nSPS) is 10.3. The van der Waals surface area contributed by atoms with Crippen LogP contribution in [0.25, 0.3) is 0 Å². The highest BCUT2D eigenvalue weighted by Crippen LogP contribution is 2.12. The van der Waals surface area contributed by atoms with Crippen LogP contribution in [0.2, 0.25) is 0 Å². The van der Waals surface area contributed by atoms with Crippen molar-refractivity contribution in [3.8, 4) is 5.88 Å². The third-order valence-corrected chi connectivity index (χ3v) is 3.88. The van der Waals surface area contributed by atoms with E-state index in [1.54, 1.807) is 30.5 Å². The Balaban J connectivity index is 1.65. The number of carbonyl (C=O) groups is 1. The molecule has 0 saturated carbocycles. The van der Waals surface area contributed by atoms with Gasteiger partial charge in [-0.15, -0.1) is 0 Å². The number of rotatable bonds is 7. The Kier molecular flexibility index (Phi) is 5.88. The van der Waals surface area contributed by atoms with E-state index >= 15 is 0 Å². The predicted octanol–water partition coefficient (Wildman–Crippen LogP) is 3.60. The highest BCUT2D eigenvalue weighted by molar-refractivity contribution is 5.74. The van der Waals surface area contributed by atoms with Crippen LogP contribution in [0.3, 0.4) is 0 Å². The van der Waals surface area contributed by atoms with Crippen molar-refractivity contribution >= 4 is 6.03 Å². The number of aromatic nitrogens is 1. The largest absolute Gasteiger partial charge is 0.481 e. The maximum Gasteiger partial charge on any atom is 0.318 e. The number of urea groups is 1. The third kappa shape index (κ3) is 4.86. The Morgan fingerprint density at radius 2 is 1.92 bits per heavy atom. The molecule has 1 N–H and O–H groups in total. The van der Waals surface area contributed by atoms with Crippen molar-refractivity contribution in [2.45, 2.75) is 19.6 Å². The number of hydrogen-bond donors (Lipinski definition) is 1. The van der Waals surface area contributed by atoms with Crippen LogP contribution in [0.4, 0.5) is 4.79 Å². The molecule has 0 aliphatic rings. The second-order valence-corrected chi connectivity index (χ2v) is 5.79. The summed E-state index contributed by atoms with van der Waals surface area (Å²) in [6, 6.07) is 17.0. The van der Waals surface area contributed by atoms with Gasteiger partial charge < -0.3 is 19.4 Å². The standard InChI is InChI=1S/C20H21N3O3/c1-25-19-10-9-17(12-21-19)13-22-20(24)23(15-18-8-5-11-26-18)14-16-6-3-2-4-7-16/h2-12H,13-15H2,1H3,(H,22,24). The Labute approximate surface area is 152 Å². The van der Waals surface area contributed by atoms with Gasteiger partial charge in [-0.3, -0.25) is 0 Å². The van der Waals surface area contributed by atoms with E-state index in [-0.39, 0.29) is 6.03 Å². The summed E-state index contributed by atoms with van der Waals surface area (Å²) in [4.78, 5) is 18.6. The number of pyridine rings is 1. The SMILES string of the molecule is COc1ccc(CNC(=O)N(Cc2ccccc2)Cc2ccco2)cn1. The first-order chi connectivity index (χ1) is 12.7. The fourth-order valence-electron chi connectivity index (χ4n) is 2.52. The lowest BCUT2D eigenvalue weighted by Gasteiger charge is -2.22. The molecule has 2 heterocycles. The first kappa shape index (κ1) is 17.5. The Morgan fingerprint density at radius 1 is 1.08 bits per heavy atom. The van der Waals surface area contributed by atoms with Gasteiger partial charge in [0.25, 0.3) is 0 Å². The number of hydrogen-bond acceptors (Lipinski definition) is 4. The van der Waals surface area contributed by atoms with Crippen LogP contribution >= 0.6 is 0 Å². The van der Waals surface area contributed by atoms with Crippen molar-refractivity contribution in [1.29, 1.82) is 0 Å². The van der Waals surface area contributed by atoms with Crippen LogP contribution in [0.5, 0.6) is 5.88 Å². The monoisotopic (exact) mass is 351 g/mol. The predicted molar refractivity (Wildman–Crippen MR) is 97.4 cm³/mol. The van der Waals surface area contributed by atoms with Crippen LogP contribution in [-0.4, -0.2) is 23.0 Å². The fourth-order valence-corrected chi connectivity index (χ4v) is 2.52. The van der Waals surface area contributed by atoms with E-state index in [9.17, 15) is 4.79 Å². The molecule has 2 amide bonds. The molecule has 0 aliphatic heterocycles. The van der Waals surface area contributed by atoms with Gasteiger partial charge in [0.15, 0.2) is 0 Å². The molecule has 134 valence electrons. The van der Waals surface area contributed by atoms with E-state index in [0.29, 0.717) is 25.5 Å². The number of furan rings is 1. The topological polar surface area (TPSA) is 67.6 Å². The number of nitrogens with one attached hydrogen (secondary N) is 1. The Bertz CT molecular complexity index is 802. The van der Waals surface area contributed by atoms with Crippen LogP contribution < -0.4 is 10.1 Å². The zero-order valence-electron chi connectivity index (χ0n) is 14.6. The highest BCUT2D eigenvalue weighted by Gasteiger charge is 2.15. The zero-order valence-corrected chi connectivity index (χ0v) is 14.6. The van der Waals surface area contributed by atoms with Gasteiger partial charge in [-0.1, -0.05) is 36.4 Å². The summed E-state index contributed by atoms with van der Waals surface area (Å²) < 4.78 is 10.4. The van der Waals surface area contributed by atoms with E-state index < -0.39 is 0 Å². The van der Waals surface area contributed by atoms with Crippen molar-refractivity contribution in [2.75, 3.05) is 7.11 Å². The molecule has 3 aromatic rings. The van der Waals surface area contributed by atoms with Gasteiger partial charge in [0.05, 0.1) is 19.9 Å². The summed E-state index contributed by atoms with van der Waals surface area (Å²) in [7, 11) is 1.57. The van der Waals surface area contributed by atoms with Crippen LogP contribution in [0.1, 0.15) is 16.9 Å². The van der Waals surface area contributed by atoms with E-state index in [4.69, 9.17) is 9.15 Å². The number of ether oxygens (including phenoxy) is 1. The van der Waals surface area contributed by atoms with Gasteiger partial charge >= 0.3 is 6.03 Å². The van der Waals surface area contributed by atoms with Gasteiger partial charge in [0.2, 0.25) is 5.88 Å². The van der Waals surface area contributed by atoms with E-state index in [1.165, 1.54) is 0 Å². The minimum Gasteiger partial charge on any atom is -0.481 e. The average molecular weight is 351 g/mol. The number of benzene rings is 1. The second kappa shape index (κ2) is 8.71. The molecular weight excluding hydrogens is 330 g/mol. The number of nitrogens with zero attached hydrogens (tertiary/aromatic N) is 2. The van der Waals surface area contributed by atoms with Crippen molar-refractivity contribution < 1.29 is 13.9 Å². The molecule has 0 unspecified atom stereocenters. The van der Waals surface area contributed by atoms with Gasteiger partial charge in [-0.05, 0) is 23.3 Å². The van der Waals surface area contributed by atoms with E-state index in [2.05, 4.69) is 10.3 Å². The smallest absolute Gasteiger partial charge is 0.318 e. The summed E-state index contributed by atoms with van der Waals surface area (Å²) in [5, 5.41) is 2.93. The molecule has 26 heavy (non-hydrogen) atoms. The molecule has 0 bridgehead atoms. The van der Waals surface area contributed by atoms with Gasteiger partial charge in [0, 0.05) is 25.4 Å². The van der Waals surface area contributed by atoms with E-state index in [1.807, 2.05) is 48.5 Å². The molecule has 6 nitrogen and oxygen atoms in total. The zero-order chi connectivity index (χ0) is 18.2. The van der Waals surface area contributed by atoms with Crippen molar-refractivity contribution in [1.82, 2.24) is 15.2 Å². The maximum absolute atomic E-state index is 12.7. The second-order valence-electron chi connectivity index (χ2n) is 5.79. The molecule has 0 atom stereocenters. The molecular formula is C20H21N3O3. The van der Waals surface area contributed by atoms with Gasteiger partial charge in [0.1, 0.15) is 5.76 Å². The molecule has 3 rings (SSSR count). The fraction of sp³-hybridized carbons (Fsp3) is 0.200. The molecule has 1 aromatic carbocycles. The lowest BCUT2D eigenvalue weighted by Crippen LogP contribution is -2.38. The molecule has 0 fully saturated rings. The highest BCUT2D eigenvalue weighted by atomic mass is 16.5. The molecule has 0 radical (unpaired) electrons. The van der Waals surface area contributed by atoms with Crippen LogP contribution in [0, 0.1) is 0 Å².